The van der Waals surface area contributed by atoms with Crippen LogP contribution in [0.15, 0.2) is 39.6 Å². The highest BCUT2D eigenvalue weighted by Gasteiger charge is 2.27. The van der Waals surface area contributed by atoms with Crippen molar-refractivity contribution in [1.82, 2.24) is 20.4 Å². The van der Waals surface area contributed by atoms with E-state index in [9.17, 15) is 14.0 Å². The average molecular weight is 396 g/mol. The van der Waals surface area contributed by atoms with Crippen LogP contribution in [-0.2, 0) is 6.42 Å². The first-order valence-corrected chi connectivity index (χ1v) is 9.50. The van der Waals surface area contributed by atoms with E-state index in [0.29, 0.717) is 46.4 Å². The van der Waals surface area contributed by atoms with Crippen molar-refractivity contribution >= 4 is 5.91 Å². The molecule has 8 heteroatoms. The van der Waals surface area contributed by atoms with Crippen LogP contribution in [0.2, 0.25) is 0 Å². The molecule has 1 aromatic carbocycles. The molecule has 0 spiro atoms. The molecule has 1 aliphatic rings. The molecule has 1 fully saturated rings. The van der Waals surface area contributed by atoms with Gasteiger partial charge in [0.1, 0.15) is 23.0 Å². The van der Waals surface area contributed by atoms with Crippen LogP contribution in [0.25, 0.3) is 0 Å². The number of aryl methyl sites for hydroxylation is 2. The fraction of sp³-hybridized carbons (Fsp3) is 0.333. The maximum atomic E-state index is 13.4. The Bertz CT molecular complexity index is 1080. The molecule has 4 rings (SSSR count). The van der Waals surface area contributed by atoms with Gasteiger partial charge in [-0.2, -0.15) is 0 Å². The summed E-state index contributed by atoms with van der Waals surface area (Å²) in [6.45, 7) is 3.36. The molecule has 7 nitrogen and oxygen atoms in total. The maximum Gasteiger partial charge on any atom is 0.257 e. The zero-order valence-electron chi connectivity index (χ0n) is 16.2. The van der Waals surface area contributed by atoms with Crippen LogP contribution in [0.3, 0.4) is 0 Å². The zero-order valence-corrected chi connectivity index (χ0v) is 16.2. The summed E-state index contributed by atoms with van der Waals surface area (Å²) in [5.41, 5.74) is 1.93. The number of carbonyl (C=O) groups is 1. The van der Waals surface area contributed by atoms with Gasteiger partial charge in [-0.05, 0) is 44.4 Å². The molecule has 29 heavy (non-hydrogen) atoms. The molecule has 0 bridgehead atoms. The fourth-order valence-electron chi connectivity index (χ4n) is 3.38. The number of nitrogens with one attached hydrogen (secondary N) is 2. The summed E-state index contributed by atoms with van der Waals surface area (Å²) in [4.78, 5) is 32.3. The van der Waals surface area contributed by atoms with Gasteiger partial charge in [-0.15, -0.1) is 0 Å². The van der Waals surface area contributed by atoms with Crippen molar-refractivity contribution in [2.75, 3.05) is 0 Å². The van der Waals surface area contributed by atoms with Crippen molar-refractivity contribution < 1.29 is 13.7 Å². The lowest BCUT2D eigenvalue weighted by Crippen LogP contribution is -2.31. The molecule has 1 unspecified atom stereocenters. The van der Waals surface area contributed by atoms with E-state index in [1.54, 1.807) is 26.0 Å². The number of hydrogen-bond donors (Lipinski definition) is 2. The predicted molar refractivity (Wildman–Crippen MR) is 103 cm³/mol. The summed E-state index contributed by atoms with van der Waals surface area (Å²) < 4.78 is 18.5. The molecule has 0 radical (unpaired) electrons. The van der Waals surface area contributed by atoms with Crippen LogP contribution in [-0.4, -0.2) is 21.0 Å². The predicted octanol–water partition coefficient (Wildman–Crippen LogP) is 3.11. The van der Waals surface area contributed by atoms with Crippen molar-refractivity contribution in [1.29, 1.82) is 0 Å². The van der Waals surface area contributed by atoms with Crippen molar-refractivity contribution in [2.24, 2.45) is 0 Å². The van der Waals surface area contributed by atoms with Gasteiger partial charge in [0.15, 0.2) is 0 Å². The first kappa shape index (κ1) is 19.0. The summed E-state index contributed by atoms with van der Waals surface area (Å²) in [6, 6.07) is 6.84. The lowest BCUT2D eigenvalue weighted by atomic mass is 10.0. The highest BCUT2D eigenvalue weighted by atomic mass is 19.1. The molecule has 3 aromatic rings. The molecule has 0 saturated heterocycles. The number of amides is 1. The third-order valence-electron chi connectivity index (χ3n) is 5.03. The molecule has 1 atom stereocenters. The monoisotopic (exact) mass is 396 g/mol. The van der Waals surface area contributed by atoms with E-state index in [1.807, 2.05) is 0 Å². The third kappa shape index (κ3) is 4.26. The summed E-state index contributed by atoms with van der Waals surface area (Å²) >= 11 is 0. The van der Waals surface area contributed by atoms with Crippen LogP contribution < -0.4 is 10.9 Å². The number of nitrogens with zero attached hydrogens (tertiary/aromatic N) is 2. The summed E-state index contributed by atoms with van der Waals surface area (Å²) in [7, 11) is 0. The topological polar surface area (TPSA) is 101 Å². The quantitative estimate of drug-likeness (QED) is 0.667. The molecular weight excluding hydrogens is 375 g/mol. The van der Waals surface area contributed by atoms with Gasteiger partial charge in [-0.3, -0.25) is 9.59 Å². The second-order valence-corrected chi connectivity index (χ2v) is 7.38. The van der Waals surface area contributed by atoms with Crippen LogP contribution >= 0.6 is 0 Å². The molecule has 0 aliphatic heterocycles. The van der Waals surface area contributed by atoms with Gasteiger partial charge in [-0.25, -0.2) is 9.37 Å². The van der Waals surface area contributed by atoms with E-state index in [1.165, 1.54) is 18.2 Å². The van der Waals surface area contributed by atoms with Gasteiger partial charge >= 0.3 is 0 Å². The van der Waals surface area contributed by atoms with Crippen molar-refractivity contribution in [3.63, 3.8) is 0 Å². The van der Waals surface area contributed by atoms with Crippen LogP contribution in [0.1, 0.15) is 63.7 Å². The normalized spacial score (nSPS) is 14.6. The smallest absolute Gasteiger partial charge is 0.257 e. The van der Waals surface area contributed by atoms with Crippen molar-refractivity contribution in [3.05, 3.63) is 80.6 Å². The minimum Gasteiger partial charge on any atom is -0.361 e. The Morgan fingerprint density at radius 3 is 2.66 bits per heavy atom. The van der Waals surface area contributed by atoms with E-state index in [2.05, 4.69) is 20.4 Å². The second-order valence-electron chi connectivity index (χ2n) is 7.38. The SMILES string of the molecule is Cc1noc(C)c1C(=O)NC(Cc1cc(=O)[nH]c(C2CC2)n1)c1ccc(F)cc1. The van der Waals surface area contributed by atoms with Gasteiger partial charge in [0, 0.05) is 18.4 Å². The number of hydrogen-bond acceptors (Lipinski definition) is 5. The molecule has 1 saturated carbocycles. The largest absolute Gasteiger partial charge is 0.361 e. The Morgan fingerprint density at radius 2 is 2.03 bits per heavy atom. The molecule has 1 amide bonds. The maximum absolute atomic E-state index is 13.4. The molecule has 1 aliphatic carbocycles. The molecular formula is C21H21FN4O3. The Hall–Kier alpha value is -3.29. The Morgan fingerprint density at radius 1 is 1.31 bits per heavy atom. The van der Waals surface area contributed by atoms with Gasteiger partial charge in [0.2, 0.25) is 0 Å². The minimum absolute atomic E-state index is 0.216. The summed E-state index contributed by atoms with van der Waals surface area (Å²) in [6.07, 6.45) is 2.32. The first-order chi connectivity index (χ1) is 13.9. The number of aromatic amines is 1. The lowest BCUT2D eigenvalue weighted by molar-refractivity contribution is 0.0934. The Balaban J connectivity index is 1.64. The lowest BCUT2D eigenvalue weighted by Gasteiger charge is -2.19. The molecule has 2 heterocycles. The molecule has 2 N–H and O–H groups in total. The van der Waals surface area contributed by atoms with Crippen LogP contribution in [0.5, 0.6) is 0 Å². The highest BCUT2D eigenvalue weighted by Crippen LogP contribution is 2.37. The Labute approximate surface area is 166 Å². The number of rotatable bonds is 6. The van der Waals surface area contributed by atoms with E-state index in [4.69, 9.17) is 4.52 Å². The van der Waals surface area contributed by atoms with E-state index >= 15 is 0 Å². The van der Waals surface area contributed by atoms with Crippen LogP contribution in [0, 0.1) is 19.7 Å². The van der Waals surface area contributed by atoms with Crippen LogP contribution in [0.4, 0.5) is 4.39 Å². The number of H-pyrrole nitrogens is 1. The average Bonchev–Trinajstić information content (AvgIpc) is 3.46. The number of aromatic nitrogens is 3. The first-order valence-electron chi connectivity index (χ1n) is 9.50. The molecule has 150 valence electrons. The second kappa shape index (κ2) is 7.62. The Kier molecular flexibility index (Phi) is 5.00. The van der Waals surface area contributed by atoms with Gasteiger partial charge in [0.25, 0.3) is 11.5 Å². The van der Waals surface area contributed by atoms with E-state index in [-0.39, 0.29) is 17.3 Å². The number of halogens is 1. The minimum atomic E-state index is -0.502. The summed E-state index contributed by atoms with van der Waals surface area (Å²) in [5.74, 6) is 0.687. The highest BCUT2D eigenvalue weighted by molar-refractivity contribution is 5.96. The standard InChI is InChI=1S/C21H21FN4O3/c1-11-19(12(2)29-26-11)21(28)24-17(13-5-7-15(22)8-6-13)9-16-10-18(27)25-20(23-16)14-3-4-14/h5-8,10,14,17H,3-4,9H2,1-2H3,(H,24,28)(H,23,25,27). The van der Waals surface area contributed by atoms with Crippen molar-refractivity contribution in [2.45, 2.75) is 45.1 Å². The van der Waals surface area contributed by atoms with Crippen molar-refractivity contribution in [3.8, 4) is 0 Å². The fourth-order valence-corrected chi connectivity index (χ4v) is 3.38. The van der Waals surface area contributed by atoms with E-state index < -0.39 is 6.04 Å². The summed E-state index contributed by atoms with van der Waals surface area (Å²) in [5, 5.41) is 6.77. The van der Waals surface area contributed by atoms with E-state index in [0.717, 1.165) is 12.8 Å². The molecule has 2 aromatic heterocycles. The third-order valence-corrected chi connectivity index (χ3v) is 5.03. The zero-order chi connectivity index (χ0) is 20.5. The number of carbonyl (C=O) groups excluding carboxylic acids is 1. The van der Waals surface area contributed by atoms with Gasteiger partial charge in [-0.1, -0.05) is 17.3 Å². The van der Waals surface area contributed by atoms with Gasteiger partial charge < -0.3 is 14.8 Å². The van der Waals surface area contributed by atoms with Gasteiger partial charge in [0.05, 0.1) is 17.4 Å². The number of benzene rings is 1.